The van der Waals surface area contributed by atoms with Gasteiger partial charge in [-0.25, -0.2) is 0 Å². The largest absolute Gasteiger partial charge is 0.379 e. The number of hydrogen-bond acceptors (Lipinski definition) is 7. The van der Waals surface area contributed by atoms with E-state index in [1.54, 1.807) is 0 Å². The SMILES string of the molecule is CCCOCC(N)(COCCC=O)COCCC(=O)NCCNC=O. The van der Waals surface area contributed by atoms with E-state index in [4.69, 9.17) is 19.9 Å². The maximum atomic E-state index is 11.6. The number of carbonyl (C=O) groups excluding carboxylic acids is 3. The summed E-state index contributed by atoms with van der Waals surface area (Å²) in [5, 5.41) is 5.10. The molecule has 0 radical (unpaired) electrons. The van der Waals surface area contributed by atoms with E-state index in [-0.39, 0.29) is 38.8 Å². The molecule has 25 heavy (non-hydrogen) atoms. The van der Waals surface area contributed by atoms with Gasteiger partial charge in [-0.1, -0.05) is 6.92 Å². The third-order valence-corrected chi connectivity index (χ3v) is 3.05. The van der Waals surface area contributed by atoms with Crippen LogP contribution in [0, 0.1) is 0 Å². The van der Waals surface area contributed by atoms with Gasteiger partial charge in [0.05, 0.1) is 38.6 Å². The van der Waals surface area contributed by atoms with Gasteiger partial charge in [0, 0.05) is 32.5 Å². The number of amides is 2. The lowest BCUT2D eigenvalue weighted by molar-refractivity contribution is -0.122. The van der Waals surface area contributed by atoms with Crippen LogP contribution in [0.25, 0.3) is 0 Å². The van der Waals surface area contributed by atoms with Crippen molar-refractivity contribution < 1.29 is 28.6 Å². The Morgan fingerprint density at radius 3 is 2.28 bits per heavy atom. The van der Waals surface area contributed by atoms with Crippen LogP contribution in [-0.4, -0.2) is 76.9 Å². The van der Waals surface area contributed by atoms with Crippen molar-refractivity contribution >= 4 is 18.6 Å². The van der Waals surface area contributed by atoms with E-state index in [1.165, 1.54) is 0 Å². The van der Waals surface area contributed by atoms with Gasteiger partial charge >= 0.3 is 0 Å². The number of nitrogens with two attached hydrogens (primary N) is 1. The average Bonchev–Trinajstić information content (AvgIpc) is 2.60. The quantitative estimate of drug-likeness (QED) is 0.211. The molecular formula is C16H31N3O6. The molecule has 0 aliphatic heterocycles. The summed E-state index contributed by atoms with van der Waals surface area (Å²) < 4.78 is 16.4. The minimum Gasteiger partial charge on any atom is -0.379 e. The molecule has 0 aliphatic rings. The van der Waals surface area contributed by atoms with Gasteiger partial charge in [0.15, 0.2) is 0 Å². The lowest BCUT2D eigenvalue weighted by Crippen LogP contribution is -2.53. The van der Waals surface area contributed by atoms with Crippen LogP contribution in [0.1, 0.15) is 26.2 Å². The van der Waals surface area contributed by atoms with Crippen LogP contribution in [0.5, 0.6) is 0 Å². The maximum absolute atomic E-state index is 11.6. The van der Waals surface area contributed by atoms with Gasteiger partial charge in [-0.05, 0) is 6.42 Å². The second-order valence-electron chi connectivity index (χ2n) is 5.65. The molecule has 0 saturated carbocycles. The summed E-state index contributed by atoms with van der Waals surface area (Å²) in [5.74, 6) is -0.167. The van der Waals surface area contributed by atoms with E-state index < -0.39 is 5.54 Å². The van der Waals surface area contributed by atoms with Crippen molar-refractivity contribution in [1.29, 1.82) is 0 Å². The molecule has 0 bridgehead atoms. The summed E-state index contributed by atoms with van der Waals surface area (Å²) in [6.07, 6.45) is 2.74. The Morgan fingerprint density at radius 1 is 1.04 bits per heavy atom. The number of ether oxygens (including phenoxy) is 3. The van der Waals surface area contributed by atoms with Crippen molar-refractivity contribution in [3.63, 3.8) is 0 Å². The third-order valence-electron chi connectivity index (χ3n) is 3.05. The van der Waals surface area contributed by atoms with Crippen molar-refractivity contribution in [1.82, 2.24) is 10.6 Å². The Balaban J connectivity index is 4.03. The minimum atomic E-state index is -0.831. The Labute approximate surface area is 148 Å². The normalized spacial score (nSPS) is 13.0. The van der Waals surface area contributed by atoms with Crippen molar-refractivity contribution in [2.45, 2.75) is 31.7 Å². The zero-order valence-corrected chi connectivity index (χ0v) is 15.0. The first-order valence-electron chi connectivity index (χ1n) is 8.47. The molecule has 0 aliphatic carbocycles. The topological polar surface area (TPSA) is 129 Å². The van der Waals surface area contributed by atoms with Crippen molar-refractivity contribution in [2.24, 2.45) is 5.73 Å². The molecule has 2 amide bonds. The molecule has 9 nitrogen and oxygen atoms in total. The molecule has 1 unspecified atom stereocenters. The van der Waals surface area contributed by atoms with Gasteiger partial charge in [-0.2, -0.15) is 0 Å². The second-order valence-corrected chi connectivity index (χ2v) is 5.65. The Hall–Kier alpha value is -1.55. The van der Waals surface area contributed by atoms with Gasteiger partial charge in [-0.15, -0.1) is 0 Å². The molecule has 9 heteroatoms. The van der Waals surface area contributed by atoms with E-state index in [1.807, 2.05) is 6.92 Å². The summed E-state index contributed by atoms with van der Waals surface area (Å²) >= 11 is 0. The van der Waals surface area contributed by atoms with Gasteiger partial charge in [0.2, 0.25) is 12.3 Å². The third kappa shape index (κ3) is 14.5. The van der Waals surface area contributed by atoms with E-state index in [9.17, 15) is 14.4 Å². The highest BCUT2D eigenvalue weighted by molar-refractivity contribution is 5.75. The lowest BCUT2D eigenvalue weighted by Gasteiger charge is -2.28. The van der Waals surface area contributed by atoms with Crippen molar-refractivity contribution in [2.75, 3.05) is 52.7 Å². The first-order valence-corrected chi connectivity index (χ1v) is 8.47. The van der Waals surface area contributed by atoms with Gasteiger partial charge in [0.1, 0.15) is 6.29 Å². The molecule has 0 rings (SSSR count). The molecule has 0 aromatic rings. The molecule has 0 fully saturated rings. The highest BCUT2D eigenvalue weighted by Gasteiger charge is 2.26. The smallest absolute Gasteiger partial charge is 0.222 e. The Morgan fingerprint density at radius 2 is 1.68 bits per heavy atom. The zero-order valence-electron chi connectivity index (χ0n) is 15.0. The van der Waals surface area contributed by atoms with Crippen molar-refractivity contribution in [3.05, 3.63) is 0 Å². The highest BCUT2D eigenvalue weighted by Crippen LogP contribution is 2.06. The van der Waals surface area contributed by atoms with Crippen LogP contribution < -0.4 is 16.4 Å². The zero-order chi connectivity index (χ0) is 18.8. The maximum Gasteiger partial charge on any atom is 0.222 e. The molecule has 0 aromatic carbocycles. The fraction of sp³-hybridized carbons (Fsp3) is 0.812. The van der Waals surface area contributed by atoms with Gasteiger partial charge < -0.3 is 35.4 Å². The summed E-state index contributed by atoms with van der Waals surface area (Å²) in [6, 6.07) is 0. The molecule has 1 atom stereocenters. The Kier molecular flexibility index (Phi) is 15.0. The number of nitrogens with one attached hydrogen (secondary N) is 2. The van der Waals surface area contributed by atoms with Crippen LogP contribution in [0.15, 0.2) is 0 Å². The standard InChI is InChI=1S/C16H31N3O6/c1-2-8-23-11-16(17,12-24-9-3-7-20)13-25-10-4-15(22)19-6-5-18-14-21/h7,14H,2-6,8-13,17H2,1H3,(H,18,21)(H,19,22). The predicted octanol–water partition coefficient (Wildman–Crippen LogP) is -1.01. The van der Waals surface area contributed by atoms with Crippen molar-refractivity contribution in [3.8, 4) is 0 Å². The number of hydrogen-bond donors (Lipinski definition) is 3. The van der Waals surface area contributed by atoms with Gasteiger partial charge in [-0.3, -0.25) is 9.59 Å². The molecule has 146 valence electrons. The van der Waals surface area contributed by atoms with E-state index in [0.29, 0.717) is 39.1 Å². The van der Waals surface area contributed by atoms with Gasteiger partial charge in [0.25, 0.3) is 0 Å². The first kappa shape index (κ1) is 23.4. The highest BCUT2D eigenvalue weighted by atomic mass is 16.5. The predicted molar refractivity (Wildman–Crippen MR) is 92.0 cm³/mol. The summed E-state index contributed by atoms with van der Waals surface area (Å²) in [5.41, 5.74) is 5.42. The summed E-state index contributed by atoms with van der Waals surface area (Å²) in [4.78, 5) is 31.9. The van der Waals surface area contributed by atoms with E-state index in [2.05, 4.69) is 10.6 Å². The first-order chi connectivity index (χ1) is 12.1. The van der Waals surface area contributed by atoms with Crippen LogP contribution in [-0.2, 0) is 28.6 Å². The average molecular weight is 361 g/mol. The van der Waals surface area contributed by atoms with Crippen LogP contribution in [0.4, 0.5) is 0 Å². The molecule has 0 heterocycles. The van der Waals surface area contributed by atoms with Crippen LogP contribution >= 0.6 is 0 Å². The number of carbonyl (C=O) groups is 3. The van der Waals surface area contributed by atoms with Crippen LogP contribution in [0.2, 0.25) is 0 Å². The Bertz CT molecular complexity index is 370. The summed E-state index contributed by atoms with van der Waals surface area (Å²) in [6.45, 7) is 4.50. The molecule has 0 aromatic heterocycles. The fourth-order valence-corrected chi connectivity index (χ4v) is 1.81. The monoisotopic (exact) mass is 361 g/mol. The van der Waals surface area contributed by atoms with E-state index in [0.717, 1.165) is 12.7 Å². The van der Waals surface area contributed by atoms with Crippen LogP contribution in [0.3, 0.4) is 0 Å². The number of aldehydes is 1. The molecule has 0 saturated heterocycles. The lowest BCUT2D eigenvalue weighted by atomic mass is 10.1. The number of rotatable bonds is 18. The summed E-state index contributed by atoms with van der Waals surface area (Å²) in [7, 11) is 0. The molecular weight excluding hydrogens is 330 g/mol. The molecule has 4 N–H and O–H groups in total. The van der Waals surface area contributed by atoms with E-state index >= 15 is 0 Å². The fourth-order valence-electron chi connectivity index (χ4n) is 1.81. The second kappa shape index (κ2) is 15.9. The minimum absolute atomic E-state index is 0.167. The molecule has 0 spiro atoms.